The van der Waals surface area contributed by atoms with Gasteiger partial charge in [0, 0.05) is 52.5 Å². The van der Waals surface area contributed by atoms with Crippen LogP contribution in [-0.2, 0) is 14.3 Å². The molecule has 1 aromatic carbocycles. The number of ether oxygens (including phenoxy) is 2. The molecule has 38 heavy (non-hydrogen) atoms. The SMILES string of the molecule is COC(CC1CCN(CC2CCN(c3ccc4c(c3)C(=O)N(C3(C=O)CCCNC3)C4=O)CC2)CC1)OC. The molecule has 1 aromatic rings. The molecule has 0 aliphatic carbocycles. The summed E-state index contributed by atoms with van der Waals surface area (Å²) in [5.74, 6) is 0.644. The highest BCUT2D eigenvalue weighted by Crippen LogP contribution is 2.35. The molecule has 1 atom stereocenters. The lowest BCUT2D eigenvalue weighted by Gasteiger charge is -2.39. The van der Waals surface area contributed by atoms with Crippen LogP contribution in [0.2, 0.25) is 0 Å². The summed E-state index contributed by atoms with van der Waals surface area (Å²) >= 11 is 0. The van der Waals surface area contributed by atoms with Gasteiger partial charge < -0.3 is 29.4 Å². The second-order valence-corrected chi connectivity index (χ2v) is 11.5. The molecule has 0 spiro atoms. The standard InChI is InChI=1S/C29H42N4O5/c1-37-26(38-2)16-21-6-12-31(13-7-21)18-22-8-14-32(15-9-22)23-4-5-24-25(17-23)28(36)33(27(24)35)29(20-34)10-3-11-30-19-29/h4-5,17,20-22,26,30H,3,6-16,18-19H2,1-2H3. The van der Waals surface area contributed by atoms with Gasteiger partial charge in [0.25, 0.3) is 11.8 Å². The number of carbonyl (C=O) groups is 3. The van der Waals surface area contributed by atoms with Crippen molar-refractivity contribution in [3.05, 3.63) is 29.3 Å². The first kappa shape index (κ1) is 27.2. The number of amides is 2. The van der Waals surface area contributed by atoms with Gasteiger partial charge in [-0.25, -0.2) is 0 Å². The molecule has 3 fully saturated rings. The van der Waals surface area contributed by atoms with Gasteiger partial charge in [0.05, 0.1) is 11.1 Å². The number of likely N-dealkylation sites (tertiary alicyclic amines) is 1. The molecular formula is C29H42N4O5. The van der Waals surface area contributed by atoms with E-state index in [0.717, 1.165) is 76.9 Å². The lowest BCUT2D eigenvalue weighted by molar-refractivity contribution is -0.117. The minimum Gasteiger partial charge on any atom is -0.371 e. The quantitative estimate of drug-likeness (QED) is 0.298. The Bertz CT molecular complexity index is 1010. The number of rotatable bonds is 9. The van der Waals surface area contributed by atoms with Gasteiger partial charge in [-0.05, 0) is 88.2 Å². The summed E-state index contributed by atoms with van der Waals surface area (Å²) in [5.41, 5.74) is 0.728. The summed E-state index contributed by atoms with van der Waals surface area (Å²) in [4.78, 5) is 44.8. The Hall–Kier alpha value is -2.33. The number of methoxy groups -OCH3 is 2. The van der Waals surface area contributed by atoms with Crippen molar-refractivity contribution in [1.82, 2.24) is 15.1 Å². The number of anilines is 1. The third-order valence-corrected chi connectivity index (χ3v) is 9.18. The lowest BCUT2D eigenvalue weighted by atomic mass is 9.89. The number of nitrogens with zero attached hydrogens (tertiary/aromatic N) is 3. The molecule has 208 valence electrons. The van der Waals surface area contributed by atoms with E-state index in [4.69, 9.17) is 9.47 Å². The predicted molar refractivity (Wildman–Crippen MR) is 144 cm³/mol. The Labute approximate surface area is 225 Å². The molecule has 9 nitrogen and oxygen atoms in total. The lowest BCUT2D eigenvalue weighted by Crippen LogP contribution is -2.60. The highest BCUT2D eigenvalue weighted by Gasteiger charge is 2.49. The zero-order valence-corrected chi connectivity index (χ0v) is 22.8. The number of carbonyl (C=O) groups excluding carboxylic acids is 3. The van der Waals surface area contributed by atoms with Crippen LogP contribution in [0, 0.1) is 11.8 Å². The van der Waals surface area contributed by atoms with Crippen LogP contribution in [-0.4, -0.2) is 99.8 Å². The van der Waals surface area contributed by atoms with E-state index in [1.54, 1.807) is 20.3 Å². The van der Waals surface area contributed by atoms with E-state index in [2.05, 4.69) is 15.1 Å². The van der Waals surface area contributed by atoms with Gasteiger partial charge in [-0.3, -0.25) is 14.5 Å². The molecule has 0 bridgehead atoms. The average Bonchev–Trinajstić information content (AvgIpc) is 3.22. The molecule has 0 radical (unpaired) electrons. The molecule has 4 aliphatic rings. The van der Waals surface area contributed by atoms with Crippen molar-refractivity contribution in [2.24, 2.45) is 11.8 Å². The van der Waals surface area contributed by atoms with Gasteiger partial charge in [0.2, 0.25) is 0 Å². The zero-order valence-electron chi connectivity index (χ0n) is 22.8. The van der Waals surface area contributed by atoms with Gasteiger partial charge in [-0.2, -0.15) is 0 Å². The van der Waals surface area contributed by atoms with E-state index in [0.29, 0.717) is 35.9 Å². The third kappa shape index (κ3) is 5.39. The van der Waals surface area contributed by atoms with Crippen molar-refractivity contribution < 1.29 is 23.9 Å². The second-order valence-electron chi connectivity index (χ2n) is 11.5. The Morgan fingerprint density at radius 2 is 1.68 bits per heavy atom. The molecule has 5 rings (SSSR count). The number of fused-ring (bicyclic) bond motifs is 1. The Morgan fingerprint density at radius 3 is 2.32 bits per heavy atom. The smallest absolute Gasteiger partial charge is 0.262 e. The Kier molecular flexibility index (Phi) is 8.47. The van der Waals surface area contributed by atoms with E-state index in [1.165, 1.54) is 17.7 Å². The van der Waals surface area contributed by atoms with Crippen molar-refractivity contribution in [3.8, 4) is 0 Å². The number of imide groups is 1. The van der Waals surface area contributed by atoms with Crippen molar-refractivity contribution in [2.45, 2.75) is 56.8 Å². The number of aldehydes is 1. The fourth-order valence-electron chi connectivity index (χ4n) is 6.79. The largest absolute Gasteiger partial charge is 0.371 e. The summed E-state index contributed by atoms with van der Waals surface area (Å²) < 4.78 is 10.8. The summed E-state index contributed by atoms with van der Waals surface area (Å²) in [5, 5.41) is 3.18. The van der Waals surface area contributed by atoms with Gasteiger partial charge >= 0.3 is 0 Å². The van der Waals surface area contributed by atoms with Crippen LogP contribution < -0.4 is 10.2 Å². The maximum Gasteiger partial charge on any atom is 0.262 e. The first-order valence-corrected chi connectivity index (χ1v) is 14.2. The third-order valence-electron chi connectivity index (χ3n) is 9.18. The van der Waals surface area contributed by atoms with Crippen LogP contribution in [0.25, 0.3) is 0 Å². The zero-order chi connectivity index (χ0) is 26.7. The van der Waals surface area contributed by atoms with Crippen LogP contribution >= 0.6 is 0 Å². The summed E-state index contributed by atoms with van der Waals surface area (Å²) in [6, 6.07) is 5.59. The second kappa shape index (κ2) is 11.8. The fourth-order valence-corrected chi connectivity index (χ4v) is 6.79. The maximum absolute atomic E-state index is 13.4. The monoisotopic (exact) mass is 526 g/mol. The first-order chi connectivity index (χ1) is 18.5. The van der Waals surface area contributed by atoms with Crippen LogP contribution in [0.1, 0.15) is 65.7 Å². The van der Waals surface area contributed by atoms with Crippen molar-refractivity contribution in [2.75, 3.05) is 64.9 Å². The van der Waals surface area contributed by atoms with Gasteiger partial charge in [-0.15, -0.1) is 0 Å². The molecule has 0 saturated carbocycles. The molecule has 4 heterocycles. The molecular weight excluding hydrogens is 484 g/mol. The van der Waals surface area contributed by atoms with Gasteiger partial charge in [0.1, 0.15) is 11.8 Å². The minimum atomic E-state index is -1.09. The highest BCUT2D eigenvalue weighted by molar-refractivity contribution is 6.23. The molecule has 1 N–H and O–H groups in total. The van der Waals surface area contributed by atoms with E-state index in [-0.39, 0.29) is 18.1 Å². The van der Waals surface area contributed by atoms with Gasteiger partial charge in [0.15, 0.2) is 6.29 Å². The maximum atomic E-state index is 13.4. The number of piperidine rings is 3. The summed E-state index contributed by atoms with van der Waals surface area (Å²) in [6.45, 7) is 6.42. The van der Waals surface area contributed by atoms with E-state index in [1.807, 2.05) is 12.1 Å². The minimum absolute atomic E-state index is 0.0954. The van der Waals surface area contributed by atoms with Crippen LogP contribution in [0.3, 0.4) is 0 Å². The molecule has 9 heteroatoms. The molecule has 4 aliphatic heterocycles. The number of hydrogen-bond donors (Lipinski definition) is 1. The van der Waals surface area contributed by atoms with Crippen LogP contribution in [0.5, 0.6) is 0 Å². The Balaban J connectivity index is 1.15. The van der Waals surface area contributed by atoms with Crippen LogP contribution in [0.15, 0.2) is 18.2 Å². The summed E-state index contributed by atoms with van der Waals surface area (Å²) in [7, 11) is 3.42. The molecule has 0 aromatic heterocycles. The van der Waals surface area contributed by atoms with E-state index >= 15 is 0 Å². The summed E-state index contributed by atoms with van der Waals surface area (Å²) in [6.07, 6.45) is 7.55. The average molecular weight is 527 g/mol. The predicted octanol–water partition coefficient (Wildman–Crippen LogP) is 2.54. The number of hydrogen-bond acceptors (Lipinski definition) is 8. The number of benzene rings is 1. The Morgan fingerprint density at radius 1 is 1.00 bits per heavy atom. The van der Waals surface area contributed by atoms with E-state index in [9.17, 15) is 14.4 Å². The molecule has 3 saturated heterocycles. The first-order valence-electron chi connectivity index (χ1n) is 14.2. The number of nitrogens with one attached hydrogen (secondary N) is 1. The molecule has 2 amide bonds. The molecule has 1 unspecified atom stereocenters. The highest BCUT2D eigenvalue weighted by atomic mass is 16.7. The topological polar surface area (TPSA) is 91.4 Å². The van der Waals surface area contributed by atoms with Crippen molar-refractivity contribution >= 4 is 23.8 Å². The van der Waals surface area contributed by atoms with E-state index < -0.39 is 5.54 Å². The fraction of sp³-hybridized carbons (Fsp3) is 0.690. The van der Waals surface area contributed by atoms with Crippen molar-refractivity contribution in [3.63, 3.8) is 0 Å². The van der Waals surface area contributed by atoms with Crippen molar-refractivity contribution in [1.29, 1.82) is 0 Å². The normalized spacial score (nSPS) is 25.9. The van der Waals surface area contributed by atoms with Crippen LogP contribution in [0.4, 0.5) is 5.69 Å². The van der Waals surface area contributed by atoms with Gasteiger partial charge in [-0.1, -0.05) is 0 Å².